The Morgan fingerprint density at radius 2 is 2.00 bits per heavy atom. The first-order chi connectivity index (χ1) is 14.0. The number of nitrogens with one attached hydrogen (secondary N) is 1. The fourth-order valence-corrected chi connectivity index (χ4v) is 3.03. The number of benzene rings is 1. The van der Waals surface area contributed by atoms with E-state index < -0.39 is 5.56 Å². The lowest BCUT2D eigenvalue weighted by Crippen LogP contribution is -2.14. The average molecular weight is 395 g/mol. The van der Waals surface area contributed by atoms with Crippen LogP contribution in [0, 0.1) is 18.3 Å². The summed E-state index contributed by atoms with van der Waals surface area (Å²) in [6.45, 7) is 1.83. The molecule has 0 saturated carbocycles. The number of ether oxygens (including phenoxy) is 2. The van der Waals surface area contributed by atoms with Crippen molar-refractivity contribution in [2.24, 2.45) is 0 Å². The van der Waals surface area contributed by atoms with E-state index >= 15 is 0 Å². The first-order valence-corrected chi connectivity index (χ1v) is 8.90. The summed E-state index contributed by atoms with van der Waals surface area (Å²) < 4.78 is 12.2. The average Bonchev–Trinajstić information content (AvgIpc) is 3.10. The number of aliphatic hydroxyl groups excluding tert-OH is 1. The molecule has 1 aromatic carbocycles. The van der Waals surface area contributed by atoms with Gasteiger partial charge in [-0.15, -0.1) is 0 Å². The maximum absolute atomic E-state index is 11.8. The van der Waals surface area contributed by atoms with Crippen LogP contribution in [0.25, 0.3) is 11.4 Å². The number of hydrogen-bond donors (Lipinski definition) is 2. The Morgan fingerprint density at radius 3 is 2.66 bits per heavy atom. The minimum Gasteiger partial charge on any atom is -0.493 e. The van der Waals surface area contributed by atoms with E-state index in [1.165, 1.54) is 6.07 Å². The van der Waals surface area contributed by atoms with Crippen LogP contribution >= 0.6 is 0 Å². The molecule has 150 valence electrons. The summed E-state index contributed by atoms with van der Waals surface area (Å²) in [7, 11) is 3.14. The van der Waals surface area contributed by atoms with Gasteiger partial charge in [-0.3, -0.25) is 4.79 Å². The van der Waals surface area contributed by atoms with Gasteiger partial charge in [0.05, 0.1) is 27.4 Å². The molecule has 0 atom stereocenters. The van der Waals surface area contributed by atoms with E-state index in [1.54, 1.807) is 25.8 Å². The van der Waals surface area contributed by atoms with Gasteiger partial charge in [-0.05, 0) is 30.7 Å². The van der Waals surface area contributed by atoms with Crippen molar-refractivity contribution in [2.75, 3.05) is 20.8 Å². The molecular weight excluding hydrogens is 374 g/mol. The van der Waals surface area contributed by atoms with Crippen molar-refractivity contribution >= 4 is 0 Å². The predicted molar refractivity (Wildman–Crippen MR) is 105 cm³/mol. The highest BCUT2D eigenvalue weighted by atomic mass is 16.5. The van der Waals surface area contributed by atoms with Crippen LogP contribution < -0.4 is 15.0 Å². The van der Waals surface area contributed by atoms with E-state index in [9.17, 15) is 15.2 Å². The third-order valence-corrected chi connectivity index (χ3v) is 4.44. The van der Waals surface area contributed by atoms with Crippen LogP contribution in [0.4, 0.5) is 0 Å². The predicted octanol–water partition coefficient (Wildman–Crippen LogP) is 1.41. The molecule has 0 aliphatic rings. The monoisotopic (exact) mass is 395 g/mol. The number of H-pyrrole nitrogens is 1. The Bertz CT molecular complexity index is 1130. The van der Waals surface area contributed by atoms with Gasteiger partial charge in [0.15, 0.2) is 23.1 Å². The first kappa shape index (κ1) is 20.1. The van der Waals surface area contributed by atoms with Gasteiger partial charge in [-0.1, -0.05) is 6.07 Å². The van der Waals surface area contributed by atoms with Crippen molar-refractivity contribution < 1.29 is 14.6 Å². The molecule has 29 heavy (non-hydrogen) atoms. The van der Waals surface area contributed by atoms with Crippen LogP contribution in [0.2, 0.25) is 0 Å². The number of aromatic nitrogens is 4. The number of pyridine rings is 1. The van der Waals surface area contributed by atoms with Crippen molar-refractivity contribution in [2.45, 2.75) is 19.9 Å². The highest BCUT2D eigenvalue weighted by Crippen LogP contribution is 2.28. The second kappa shape index (κ2) is 8.58. The lowest BCUT2D eigenvalue weighted by Gasteiger charge is -2.08. The number of methoxy groups -OCH3 is 2. The van der Waals surface area contributed by atoms with Crippen molar-refractivity contribution in [1.82, 2.24) is 19.7 Å². The van der Waals surface area contributed by atoms with Crippen molar-refractivity contribution in [1.29, 1.82) is 5.26 Å². The van der Waals surface area contributed by atoms with Gasteiger partial charge in [0, 0.05) is 17.7 Å². The molecule has 2 aromatic heterocycles. The van der Waals surface area contributed by atoms with Crippen LogP contribution in [-0.4, -0.2) is 45.7 Å². The summed E-state index contributed by atoms with van der Waals surface area (Å²) in [6.07, 6.45) is 0.430. The summed E-state index contributed by atoms with van der Waals surface area (Å²) in [6, 6.07) is 8.93. The topological polar surface area (TPSA) is 126 Å². The minimum atomic E-state index is -0.451. The maximum Gasteiger partial charge on any atom is 0.266 e. The first-order valence-electron chi connectivity index (χ1n) is 8.90. The molecular formula is C20H21N5O4. The van der Waals surface area contributed by atoms with Crippen molar-refractivity contribution in [3.8, 4) is 29.0 Å². The lowest BCUT2D eigenvalue weighted by atomic mass is 10.1. The number of nitriles is 1. The third kappa shape index (κ3) is 4.12. The Morgan fingerprint density at radius 1 is 1.24 bits per heavy atom. The molecule has 0 fully saturated rings. The number of rotatable bonds is 7. The summed E-state index contributed by atoms with van der Waals surface area (Å²) in [5, 5.41) is 23.1. The molecule has 0 unspecified atom stereocenters. The van der Waals surface area contributed by atoms with Crippen molar-refractivity contribution in [3.63, 3.8) is 0 Å². The molecule has 2 heterocycles. The van der Waals surface area contributed by atoms with Gasteiger partial charge < -0.3 is 19.6 Å². The third-order valence-electron chi connectivity index (χ3n) is 4.44. The van der Waals surface area contributed by atoms with Crippen LogP contribution in [0.3, 0.4) is 0 Å². The number of aryl methyl sites for hydroxylation is 1. The number of hydrogen-bond acceptors (Lipinski definition) is 7. The summed E-state index contributed by atoms with van der Waals surface area (Å²) >= 11 is 0. The van der Waals surface area contributed by atoms with E-state index in [0.29, 0.717) is 40.8 Å². The van der Waals surface area contributed by atoms with E-state index in [4.69, 9.17) is 9.47 Å². The Balaban J connectivity index is 2.02. The van der Waals surface area contributed by atoms with Gasteiger partial charge in [-0.2, -0.15) is 10.4 Å². The zero-order chi connectivity index (χ0) is 21.0. The number of nitrogens with zero attached hydrogens (tertiary/aromatic N) is 4. The Kier molecular flexibility index (Phi) is 5.95. The van der Waals surface area contributed by atoms with Crippen LogP contribution in [0.1, 0.15) is 22.6 Å². The lowest BCUT2D eigenvalue weighted by molar-refractivity contribution is 0.270. The van der Waals surface area contributed by atoms with Crippen LogP contribution in [-0.2, 0) is 13.0 Å². The van der Waals surface area contributed by atoms with Crippen molar-refractivity contribution in [3.05, 3.63) is 57.3 Å². The van der Waals surface area contributed by atoms with Gasteiger partial charge in [-0.25, -0.2) is 9.67 Å². The normalized spacial score (nSPS) is 10.6. The molecule has 9 nitrogen and oxygen atoms in total. The number of aliphatic hydroxyl groups is 1. The van der Waals surface area contributed by atoms with E-state index in [2.05, 4.69) is 15.1 Å². The minimum absolute atomic E-state index is 0.00871. The molecule has 0 aliphatic carbocycles. The summed E-state index contributed by atoms with van der Waals surface area (Å²) in [4.78, 5) is 19.1. The molecule has 2 N–H and O–H groups in total. The fraction of sp³-hybridized carbons (Fsp3) is 0.300. The molecule has 0 amide bonds. The van der Waals surface area contributed by atoms with E-state index in [-0.39, 0.29) is 18.7 Å². The summed E-state index contributed by atoms with van der Waals surface area (Å²) in [5.41, 5.74) is 1.61. The standard InChI is InChI=1S/C20H21N5O4/c1-12-15(10-14(11-21)20(27)22-12)19-23-18(24-25(19)6-7-26)9-13-4-5-16(28-2)17(8-13)29-3/h4-5,8,10,26H,6-7,9H2,1-3H3,(H,22,27). The molecule has 0 bridgehead atoms. The maximum atomic E-state index is 11.8. The highest BCUT2D eigenvalue weighted by molar-refractivity contribution is 5.60. The Hall–Kier alpha value is -3.64. The quantitative estimate of drug-likeness (QED) is 0.619. The van der Waals surface area contributed by atoms with Gasteiger partial charge in [0.25, 0.3) is 5.56 Å². The molecule has 9 heteroatoms. The van der Waals surface area contributed by atoms with Gasteiger partial charge in [0.2, 0.25) is 0 Å². The smallest absolute Gasteiger partial charge is 0.266 e. The van der Waals surface area contributed by atoms with E-state index in [0.717, 1.165) is 5.56 Å². The van der Waals surface area contributed by atoms with E-state index in [1.807, 2.05) is 24.3 Å². The molecule has 0 aliphatic heterocycles. The second-order valence-electron chi connectivity index (χ2n) is 6.33. The molecule has 0 radical (unpaired) electrons. The highest BCUT2D eigenvalue weighted by Gasteiger charge is 2.17. The molecule has 0 spiro atoms. The fourth-order valence-electron chi connectivity index (χ4n) is 3.03. The zero-order valence-corrected chi connectivity index (χ0v) is 16.4. The number of aromatic amines is 1. The van der Waals surface area contributed by atoms with Crippen LogP contribution in [0.5, 0.6) is 11.5 Å². The largest absolute Gasteiger partial charge is 0.493 e. The Labute approximate surface area is 167 Å². The van der Waals surface area contributed by atoms with Crippen LogP contribution in [0.15, 0.2) is 29.1 Å². The summed E-state index contributed by atoms with van der Waals surface area (Å²) in [5.74, 6) is 2.24. The zero-order valence-electron chi connectivity index (χ0n) is 16.4. The van der Waals surface area contributed by atoms with Gasteiger partial charge >= 0.3 is 0 Å². The molecule has 3 rings (SSSR count). The van der Waals surface area contributed by atoms with Gasteiger partial charge in [0.1, 0.15) is 11.6 Å². The molecule has 0 saturated heterocycles. The SMILES string of the molecule is COc1ccc(Cc2nc(-c3cc(C#N)c(=O)[nH]c3C)n(CCO)n2)cc1OC. The second-order valence-corrected chi connectivity index (χ2v) is 6.33. The molecule has 3 aromatic rings.